The summed E-state index contributed by atoms with van der Waals surface area (Å²) in [5.41, 5.74) is 0. The first-order valence-corrected chi connectivity index (χ1v) is 6.41. The minimum absolute atomic E-state index is 0.0565. The number of aliphatic carboxylic acids is 1. The number of carboxylic acids is 1. The van der Waals surface area contributed by atoms with E-state index in [0.717, 1.165) is 32.3 Å². The highest BCUT2D eigenvalue weighted by molar-refractivity contribution is 5.66. The topological polar surface area (TPSA) is 85.5 Å². The van der Waals surface area contributed by atoms with E-state index in [1.165, 1.54) is 0 Å². The molecule has 0 aromatic carbocycles. The second-order valence-corrected chi connectivity index (χ2v) is 4.49. The van der Waals surface area contributed by atoms with E-state index >= 15 is 0 Å². The Morgan fingerprint density at radius 3 is 2.94 bits per heavy atom. The molecule has 1 unspecified atom stereocenters. The first-order chi connectivity index (χ1) is 8.75. The van der Waals surface area contributed by atoms with Gasteiger partial charge in [-0.2, -0.15) is 0 Å². The second-order valence-electron chi connectivity index (χ2n) is 4.49. The van der Waals surface area contributed by atoms with Crippen molar-refractivity contribution in [1.29, 1.82) is 0 Å². The van der Waals surface area contributed by atoms with Crippen molar-refractivity contribution in [3.8, 4) is 0 Å². The number of aromatic nitrogens is 2. The molecule has 100 valence electrons. The van der Waals surface area contributed by atoms with Crippen LogP contribution < -0.4 is 0 Å². The Labute approximate surface area is 105 Å². The van der Waals surface area contributed by atoms with Crippen LogP contribution in [0.1, 0.15) is 56.4 Å². The third kappa shape index (κ3) is 3.80. The Kier molecular flexibility index (Phi) is 4.69. The number of rotatable bonds is 6. The fourth-order valence-electron chi connectivity index (χ4n) is 1.99. The number of carbonyl (C=O) groups is 1. The molecular formula is C12H18N2O4. The van der Waals surface area contributed by atoms with Crippen LogP contribution in [-0.2, 0) is 16.0 Å². The van der Waals surface area contributed by atoms with E-state index in [-0.39, 0.29) is 12.5 Å². The molecule has 0 saturated carbocycles. The van der Waals surface area contributed by atoms with Gasteiger partial charge < -0.3 is 14.3 Å². The summed E-state index contributed by atoms with van der Waals surface area (Å²) in [7, 11) is 0. The van der Waals surface area contributed by atoms with Crippen molar-refractivity contribution in [2.45, 2.75) is 51.0 Å². The number of hydrogen-bond acceptors (Lipinski definition) is 5. The molecular weight excluding hydrogens is 236 g/mol. The van der Waals surface area contributed by atoms with E-state index in [9.17, 15) is 4.79 Å². The molecule has 1 N–H and O–H groups in total. The molecule has 1 fully saturated rings. The van der Waals surface area contributed by atoms with Crippen molar-refractivity contribution in [3.63, 3.8) is 0 Å². The zero-order chi connectivity index (χ0) is 12.8. The van der Waals surface area contributed by atoms with Gasteiger partial charge in [0.25, 0.3) is 0 Å². The zero-order valence-corrected chi connectivity index (χ0v) is 10.3. The molecule has 1 aromatic heterocycles. The lowest BCUT2D eigenvalue weighted by Crippen LogP contribution is -2.11. The maximum Gasteiger partial charge on any atom is 0.303 e. The van der Waals surface area contributed by atoms with E-state index in [4.69, 9.17) is 14.3 Å². The van der Waals surface area contributed by atoms with Crippen LogP contribution in [0.2, 0.25) is 0 Å². The summed E-state index contributed by atoms with van der Waals surface area (Å²) in [5, 5.41) is 16.5. The number of ether oxygens (including phenoxy) is 1. The zero-order valence-electron chi connectivity index (χ0n) is 10.3. The summed E-state index contributed by atoms with van der Waals surface area (Å²) in [6, 6.07) is 0. The van der Waals surface area contributed by atoms with Crippen LogP contribution in [0.15, 0.2) is 4.42 Å². The largest absolute Gasteiger partial charge is 0.481 e. The van der Waals surface area contributed by atoms with Crippen molar-refractivity contribution in [1.82, 2.24) is 10.2 Å². The molecule has 0 aliphatic carbocycles. The van der Waals surface area contributed by atoms with Gasteiger partial charge in [0.2, 0.25) is 11.8 Å². The molecule has 1 atom stereocenters. The second kappa shape index (κ2) is 6.49. The molecule has 0 bridgehead atoms. The maximum absolute atomic E-state index is 10.4. The fraction of sp³-hybridized carbons (Fsp3) is 0.750. The molecule has 0 radical (unpaired) electrons. The van der Waals surface area contributed by atoms with Gasteiger partial charge in [0.1, 0.15) is 6.10 Å². The molecule has 18 heavy (non-hydrogen) atoms. The minimum Gasteiger partial charge on any atom is -0.481 e. The number of carboxylic acid groups (broad SMARTS) is 1. The first-order valence-electron chi connectivity index (χ1n) is 6.41. The van der Waals surface area contributed by atoms with E-state index in [1.54, 1.807) is 0 Å². The van der Waals surface area contributed by atoms with E-state index in [0.29, 0.717) is 24.6 Å². The molecule has 6 heteroatoms. The van der Waals surface area contributed by atoms with E-state index in [2.05, 4.69) is 10.2 Å². The first kappa shape index (κ1) is 13.0. The van der Waals surface area contributed by atoms with Crippen molar-refractivity contribution < 1.29 is 19.1 Å². The normalized spacial score (nSPS) is 19.9. The smallest absolute Gasteiger partial charge is 0.303 e. The molecule has 0 spiro atoms. The van der Waals surface area contributed by atoms with Crippen LogP contribution in [-0.4, -0.2) is 27.9 Å². The van der Waals surface area contributed by atoms with E-state index < -0.39 is 5.97 Å². The summed E-state index contributed by atoms with van der Waals surface area (Å²) in [4.78, 5) is 10.4. The lowest BCUT2D eigenvalue weighted by molar-refractivity contribution is -0.137. The fourth-order valence-corrected chi connectivity index (χ4v) is 1.99. The van der Waals surface area contributed by atoms with Crippen molar-refractivity contribution >= 4 is 5.97 Å². The summed E-state index contributed by atoms with van der Waals surface area (Å²) in [6.07, 6.45) is 5.29. The summed E-state index contributed by atoms with van der Waals surface area (Å²) in [6.45, 7) is 0.751. The predicted molar refractivity (Wildman–Crippen MR) is 62.0 cm³/mol. The van der Waals surface area contributed by atoms with Gasteiger partial charge in [0, 0.05) is 19.4 Å². The summed E-state index contributed by atoms with van der Waals surface area (Å²) < 4.78 is 11.1. The van der Waals surface area contributed by atoms with Gasteiger partial charge >= 0.3 is 5.97 Å². The number of hydrogen-bond donors (Lipinski definition) is 1. The van der Waals surface area contributed by atoms with Crippen molar-refractivity contribution in [2.75, 3.05) is 6.61 Å². The molecule has 1 aromatic rings. The Morgan fingerprint density at radius 1 is 1.33 bits per heavy atom. The Bertz CT molecular complexity index is 385. The third-order valence-electron chi connectivity index (χ3n) is 2.97. The highest BCUT2D eigenvalue weighted by Crippen LogP contribution is 2.26. The average molecular weight is 254 g/mol. The van der Waals surface area contributed by atoms with Crippen LogP contribution >= 0.6 is 0 Å². The van der Waals surface area contributed by atoms with Crippen LogP contribution in [0, 0.1) is 0 Å². The van der Waals surface area contributed by atoms with Gasteiger partial charge in [-0.3, -0.25) is 4.79 Å². The van der Waals surface area contributed by atoms with Gasteiger partial charge in [0.05, 0.1) is 0 Å². The molecule has 1 saturated heterocycles. The Balaban J connectivity index is 1.76. The lowest BCUT2D eigenvalue weighted by atomic mass is 10.1. The van der Waals surface area contributed by atoms with Gasteiger partial charge in [-0.15, -0.1) is 10.2 Å². The Hall–Kier alpha value is -1.43. The monoisotopic (exact) mass is 254 g/mol. The van der Waals surface area contributed by atoms with Gasteiger partial charge in [-0.05, 0) is 32.1 Å². The number of aryl methyl sites for hydroxylation is 1. The van der Waals surface area contributed by atoms with Gasteiger partial charge in [0.15, 0.2) is 0 Å². The standard InChI is InChI=1S/C12H18N2O4/c15-11(16)7-2-1-6-10-13-14-12(18-10)9-5-3-4-8-17-9/h9H,1-8H2,(H,15,16). The van der Waals surface area contributed by atoms with E-state index in [1.807, 2.05) is 0 Å². The predicted octanol–water partition coefficient (Wildman–Crippen LogP) is 2.11. The molecule has 1 aliphatic rings. The third-order valence-corrected chi connectivity index (χ3v) is 2.97. The highest BCUT2D eigenvalue weighted by atomic mass is 16.5. The lowest BCUT2D eigenvalue weighted by Gasteiger charge is -2.18. The molecule has 2 rings (SSSR count). The van der Waals surface area contributed by atoms with Crippen LogP contribution in [0.5, 0.6) is 0 Å². The molecule has 6 nitrogen and oxygen atoms in total. The summed E-state index contributed by atoms with van der Waals surface area (Å²) >= 11 is 0. The maximum atomic E-state index is 10.4. The molecule has 0 amide bonds. The van der Waals surface area contributed by atoms with Crippen molar-refractivity contribution in [3.05, 3.63) is 11.8 Å². The number of unbranched alkanes of at least 4 members (excludes halogenated alkanes) is 1. The number of nitrogens with zero attached hydrogens (tertiary/aromatic N) is 2. The van der Waals surface area contributed by atoms with Crippen LogP contribution in [0.3, 0.4) is 0 Å². The minimum atomic E-state index is -0.767. The van der Waals surface area contributed by atoms with Crippen LogP contribution in [0.25, 0.3) is 0 Å². The van der Waals surface area contributed by atoms with Gasteiger partial charge in [-0.1, -0.05) is 0 Å². The SMILES string of the molecule is O=C(O)CCCCc1nnc(C2CCCCO2)o1. The molecule has 2 heterocycles. The van der Waals surface area contributed by atoms with Gasteiger partial charge in [-0.25, -0.2) is 0 Å². The quantitative estimate of drug-likeness (QED) is 0.782. The molecule has 1 aliphatic heterocycles. The van der Waals surface area contributed by atoms with Crippen LogP contribution in [0.4, 0.5) is 0 Å². The summed E-state index contributed by atoms with van der Waals surface area (Å²) in [5.74, 6) is 0.365. The highest BCUT2D eigenvalue weighted by Gasteiger charge is 2.21. The average Bonchev–Trinajstić information content (AvgIpc) is 2.84. The van der Waals surface area contributed by atoms with Crippen molar-refractivity contribution in [2.24, 2.45) is 0 Å². The Morgan fingerprint density at radius 2 is 2.22 bits per heavy atom.